The van der Waals surface area contributed by atoms with Crippen molar-refractivity contribution >= 4 is 28.4 Å². The average molecular weight is 524 g/mol. The van der Waals surface area contributed by atoms with E-state index >= 15 is 0 Å². The van der Waals surface area contributed by atoms with Gasteiger partial charge in [0.25, 0.3) is 5.91 Å². The van der Waals surface area contributed by atoms with Crippen LogP contribution in [0.15, 0.2) is 79.1 Å². The molecule has 2 aromatic heterocycles. The second-order valence-corrected chi connectivity index (χ2v) is 10.1. The number of benzene rings is 3. The molecular weight excluding hydrogens is 493 g/mol. The predicted octanol–water partition coefficient (Wildman–Crippen LogP) is 5.37. The van der Waals surface area contributed by atoms with Crippen LogP contribution in [0.3, 0.4) is 0 Å². The normalized spacial score (nSPS) is 14.5. The number of hydrogen-bond donors (Lipinski definition) is 3. The van der Waals surface area contributed by atoms with Gasteiger partial charge < -0.3 is 20.1 Å². The molecule has 0 saturated carbocycles. The van der Waals surface area contributed by atoms with Crippen molar-refractivity contribution in [3.63, 3.8) is 0 Å². The largest absolute Gasteiger partial charge is 0.382 e. The summed E-state index contributed by atoms with van der Waals surface area (Å²) in [7, 11) is 2.15. The maximum Gasteiger partial charge on any atom is 0.256 e. The summed E-state index contributed by atoms with van der Waals surface area (Å²) in [6, 6.07) is 22.2. The van der Waals surface area contributed by atoms with E-state index in [4.69, 9.17) is 0 Å². The van der Waals surface area contributed by atoms with Crippen molar-refractivity contribution in [1.29, 1.82) is 0 Å². The Hall–Kier alpha value is -4.50. The van der Waals surface area contributed by atoms with Crippen LogP contribution in [0.4, 0.5) is 15.9 Å². The van der Waals surface area contributed by atoms with Crippen LogP contribution in [0, 0.1) is 5.82 Å². The van der Waals surface area contributed by atoms with E-state index in [1.54, 1.807) is 18.5 Å². The number of carbonyl (C=O) groups excluding carboxylic acids is 1. The summed E-state index contributed by atoms with van der Waals surface area (Å²) < 4.78 is 15.3. The minimum atomic E-state index is -0.255. The van der Waals surface area contributed by atoms with Crippen LogP contribution in [0.25, 0.3) is 22.3 Å². The lowest BCUT2D eigenvalue weighted by molar-refractivity contribution is 0.102. The molecule has 0 unspecified atom stereocenters. The molecule has 1 aliphatic heterocycles. The quantitative estimate of drug-likeness (QED) is 0.267. The third kappa shape index (κ3) is 5.68. The lowest BCUT2D eigenvalue weighted by Gasteiger charge is -2.30. The minimum absolute atomic E-state index is 0.205. The fourth-order valence-corrected chi connectivity index (χ4v) is 4.96. The second-order valence-electron chi connectivity index (χ2n) is 10.1. The molecule has 3 aromatic carbocycles. The van der Waals surface area contributed by atoms with Gasteiger partial charge in [-0.05, 0) is 87.1 Å². The zero-order valence-electron chi connectivity index (χ0n) is 21.7. The van der Waals surface area contributed by atoms with Gasteiger partial charge in [-0.1, -0.05) is 18.2 Å². The summed E-state index contributed by atoms with van der Waals surface area (Å²) in [5.74, 6) is 0.0577. The molecule has 3 N–H and O–H groups in total. The van der Waals surface area contributed by atoms with Gasteiger partial charge in [0.15, 0.2) is 0 Å². The molecule has 0 radical (unpaired) electrons. The molecule has 1 saturated heterocycles. The van der Waals surface area contributed by atoms with Crippen molar-refractivity contribution in [3.8, 4) is 11.3 Å². The number of nitrogens with one attached hydrogen (secondary N) is 3. The van der Waals surface area contributed by atoms with Gasteiger partial charge >= 0.3 is 0 Å². The molecule has 0 atom stereocenters. The van der Waals surface area contributed by atoms with Crippen LogP contribution in [-0.4, -0.2) is 56.7 Å². The van der Waals surface area contributed by atoms with Crippen LogP contribution in [0.2, 0.25) is 0 Å². The zero-order valence-corrected chi connectivity index (χ0v) is 21.7. The van der Waals surface area contributed by atoms with E-state index in [2.05, 4.69) is 37.8 Å². The molecule has 39 heavy (non-hydrogen) atoms. The Balaban J connectivity index is 1.12. The van der Waals surface area contributed by atoms with Crippen LogP contribution in [-0.2, 0) is 6.54 Å². The smallest absolute Gasteiger partial charge is 0.256 e. The molecule has 3 heterocycles. The number of imidazole rings is 1. The van der Waals surface area contributed by atoms with Crippen molar-refractivity contribution in [2.24, 2.45) is 0 Å². The number of fused-ring (bicyclic) bond motifs is 1. The van der Waals surface area contributed by atoms with Crippen LogP contribution >= 0.6 is 0 Å². The molecule has 6 rings (SSSR count). The van der Waals surface area contributed by atoms with E-state index in [1.165, 1.54) is 12.1 Å². The van der Waals surface area contributed by atoms with Gasteiger partial charge in [-0.25, -0.2) is 9.37 Å². The third-order valence-corrected chi connectivity index (χ3v) is 7.25. The van der Waals surface area contributed by atoms with E-state index in [1.807, 2.05) is 53.1 Å². The molecule has 9 heteroatoms. The number of aromatic nitrogens is 4. The highest BCUT2D eigenvalue weighted by atomic mass is 19.1. The number of H-pyrrole nitrogens is 1. The van der Waals surface area contributed by atoms with Gasteiger partial charge in [-0.2, -0.15) is 5.10 Å². The van der Waals surface area contributed by atoms with E-state index < -0.39 is 0 Å². The molecule has 198 valence electrons. The summed E-state index contributed by atoms with van der Waals surface area (Å²) >= 11 is 0. The average Bonchev–Trinajstić information content (AvgIpc) is 3.58. The Morgan fingerprint density at radius 2 is 1.79 bits per heavy atom. The number of likely N-dealkylation sites (tertiary alicyclic amines) is 1. The lowest BCUT2D eigenvalue weighted by Crippen LogP contribution is -2.36. The summed E-state index contributed by atoms with van der Waals surface area (Å²) in [5.41, 5.74) is 5.99. The van der Waals surface area contributed by atoms with Gasteiger partial charge in [0.05, 0.1) is 23.1 Å². The first kappa shape index (κ1) is 24.8. The SMILES string of the molecule is CN1CCC(Nc2ccc(C(=O)Nc3cc(-c4ccc5ncn(Cc6ccc(F)cc6)c5c4)n[nH]3)cc2)CC1. The zero-order chi connectivity index (χ0) is 26.8. The highest BCUT2D eigenvalue weighted by Gasteiger charge is 2.17. The number of rotatable bonds is 7. The topological polar surface area (TPSA) is 90.9 Å². The highest BCUT2D eigenvalue weighted by molar-refractivity contribution is 6.04. The molecule has 0 spiro atoms. The van der Waals surface area contributed by atoms with Gasteiger partial charge in [0.1, 0.15) is 11.6 Å². The molecular formula is C30H30FN7O. The maximum absolute atomic E-state index is 13.3. The van der Waals surface area contributed by atoms with Gasteiger partial charge in [0, 0.05) is 35.5 Å². The van der Waals surface area contributed by atoms with E-state index in [0.29, 0.717) is 29.7 Å². The van der Waals surface area contributed by atoms with Gasteiger partial charge in [0.2, 0.25) is 0 Å². The fourth-order valence-electron chi connectivity index (χ4n) is 4.96. The highest BCUT2D eigenvalue weighted by Crippen LogP contribution is 2.25. The summed E-state index contributed by atoms with van der Waals surface area (Å²) in [6.45, 7) is 2.77. The van der Waals surface area contributed by atoms with E-state index in [9.17, 15) is 9.18 Å². The van der Waals surface area contributed by atoms with E-state index in [-0.39, 0.29) is 11.7 Å². The Labute approximate surface area is 225 Å². The minimum Gasteiger partial charge on any atom is -0.382 e. The fraction of sp³-hybridized carbons (Fsp3) is 0.233. The number of aromatic amines is 1. The number of anilines is 2. The van der Waals surface area contributed by atoms with Gasteiger partial charge in [-0.3, -0.25) is 9.89 Å². The summed E-state index contributed by atoms with van der Waals surface area (Å²) in [4.78, 5) is 19.7. The van der Waals surface area contributed by atoms with Crippen molar-refractivity contribution in [1.82, 2.24) is 24.6 Å². The standard InChI is InChI=1S/C30H30FN7O/c1-37-14-12-25(13-15-37)33-24-9-4-21(5-10-24)30(39)34-29-17-27(35-36-29)22-6-11-26-28(16-22)38(19-32-26)18-20-2-7-23(31)8-3-20/h2-11,16-17,19,25,33H,12-15,18H2,1H3,(H2,34,35,36,39). The Kier molecular flexibility index (Phi) is 6.81. The van der Waals surface area contributed by atoms with Crippen molar-refractivity contribution < 1.29 is 9.18 Å². The number of halogens is 1. The third-order valence-electron chi connectivity index (χ3n) is 7.25. The summed E-state index contributed by atoms with van der Waals surface area (Å²) in [5, 5.41) is 13.8. The van der Waals surface area contributed by atoms with Crippen molar-refractivity contribution in [2.75, 3.05) is 30.8 Å². The first-order chi connectivity index (χ1) is 19.0. The van der Waals surface area contributed by atoms with Gasteiger partial charge in [-0.15, -0.1) is 0 Å². The number of carbonyl (C=O) groups is 1. The Morgan fingerprint density at radius 1 is 1.03 bits per heavy atom. The predicted molar refractivity (Wildman–Crippen MR) is 151 cm³/mol. The number of nitrogens with zero attached hydrogens (tertiary/aromatic N) is 4. The van der Waals surface area contributed by atoms with Crippen LogP contribution < -0.4 is 10.6 Å². The molecule has 1 aliphatic rings. The van der Waals surface area contributed by atoms with Crippen molar-refractivity contribution in [3.05, 3.63) is 96.1 Å². The molecule has 5 aromatic rings. The second kappa shape index (κ2) is 10.7. The molecule has 1 fully saturated rings. The number of hydrogen-bond acceptors (Lipinski definition) is 5. The first-order valence-electron chi connectivity index (χ1n) is 13.1. The Bertz CT molecular complexity index is 1580. The molecule has 1 amide bonds. The number of amides is 1. The van der Waals surface area contributed by atoms with E-state index in [0.717, 1.165) is 53.8 Å². The molecule has 8 nitrogen and oxygen atoms in total. The maximum atomic E-state index is 13.3. The molecule has 0 aliphatic carbocycles. The van der Waals surface area contributed by atoms with Crippen LogP contribution in [0.5, 0.6) is 0 Å². The number of piperidine rings is 1. The molecule has 0 bridgehead atoms. The monoisotopic (exact) mass is 523 g/mol. The first-order valence-corrected chi connectivity index (χ1v) is 13.1. The Morgan fingerprint density at radius 3 is 2.56 bits per heavy atom. The van der Waals surface area contributed by atoms with Crippen molar-refractivity contribution in [2.45, 2.75) is 25.4 Å². The summed E-state index contributed by atoms with van der Waals surface area (Å²) in [6.07, 6.45) is 4.01. The lowest BCUT2D eigenvalue weighted by atomic mass is 10.0. The van der Waals surface area contributed by atoms with Crippen LogP contribution in [0.1, 0.15) is 28.8 Å².